The van der Waals surface area contributed by atoms with Gasteiger partial charge in [0.2, 0.25) is 0 Å². The highest BCUT2D eigenvalue weighted by Crippen LogP contribution is 2.27. The van der Waals surface area contributed by atoms with Gasteiger partial charge in [0.05, 0.1) is 22.5 Å². The smallest absolute Gasteiger partial charge is 0.0937 e. The molecule has 0 fully saturated rings. The second-order valence-electron chi connectivity index (χ2n) is 3.71. The average Bonchev–Trinajstić information content (AvgIpc) is 2.83. The molecule has 2 aromatic heterocycles. The highest BCUT2D eigenvalue weighted by molar-refractivity contribution is 7.10. The van der Waals surface area contributed by atoms with Gasteiger partial charge in [0, 0.05) is 18.3 Å². The molecule has 86 valence electrons. The lowest BCUT2D eigenvalue weighted by molar-refractivity contribution is 0.179. The fraction of sp³-hybridized carbons (Fsp3) is 0.364. The Kier molecular flexibility index (Phi) is 3.33. The summed E-state index contributed by atoms with van der Waals surface area (Å²) in [6.07, 6.45) is -0.0104. The molecule has 3 nitrogen and oxygen atoms in total. The van der Waals surface area contributed by atoms with Crippen molar-refractivity contribution in [2.24, 2.45) is 7.05 Å². The Morgan fingerprint density at radius 3 is 2.88 bits per heavy atom. The van der Waals surface area contributed by atoms with Gasteiger partial charge in [-0.1, -0.05) is 17.7 Å². The van der Waals surface area contributed by atoms with Crippen LogP contribution in [0.3, 0.4) is 0 Å². The van der Waals surface area contributed by atoms with E-state index in [2.05, 4.69) is 5.10 Å². The van der Waals surface area contributed by atoms with Crippen LogP contribution in [0, 0.1) is 6.92 Å². The molecule has 2 aromatic rings. The van der Waals surface area contributed by atoms with E-state index in [1.165, 1.54) is 0 Å². The zero-order valence-electron chi connectivity index (χ0n) is 9.14. The Hall–Kier alpha value is -0.840. The number of nitrogens with zero attached hydrogens (tertiary/aromatic N) is 2. The largest absolute Gasteiger partial charge is 0.387 e. The van der Waals surface area contributed by atoms with Crippen LogP contribution in [0.5, 0.6) is 0 Å². The molecule has 0 aliphatic carbocycles. The molecule has 0 saturated carbocycles. The number of halogens is 1. The third-order valence-corrected chi connectivity index (χ3v) is 3.99. The van der Waals surface area contributed by atoms with Gasteiger partial charge in [-0.3, -0.25) is 4.68 Å². The molecular formula is C11H13ClN2OS. The Balaban J connectivity index is 2.21. The maximum Gasteiger partial charge on any atom is 0.0937 e. The summed E-state index contributed by atoms with van der Waals surface area (Å²) in [6, 6.07) is 3.85. The highest BCUT2D eigenvalue weighted by Gasteiger charge is 2.16. The quantitative estimate of drug-likeness (QED) is 0.917. The van der Waals surface area contributed by atoms with Gasteiger partial charge in [0.15, 0.2) is 0 Å². The number of thiophene rings is 1. The van der Waals surface area contributed by atoms with Gasteiger partial charge in [-0.15, -0.1) is 11.3 Å². The van der Waals surface area contributed by atoms with Crippen LogP contribution in [0.15, 0.2) is 17.5 Å². The number of rotatable bonds is 3. The fourth-order valence-electron chi connectivity index (χ4n) is 1.67. The van der Waals surface area contributed by atoms with Crippen LogP contribution in [0.1, 0.15) is 22.4 Å². The summed E-state index contributed by atoms with van der Waals surface area (Å²) in [5.74, 6) is 0. The molecule has 0 bridgehead atoms. The first kappa shape index (κ1) is 11.6. The van der Waals surface area contributed by atoms with Crippen LogP contribution in [0.4, 0.5) is 0 Å². The number of aliphatic hydroxyl groups is 1. The molecule has 0 aromatic carbocycles. The number of aliphatic hydroxyl groups excluding tert-OH is 1. The van der Waals surface area contributed by atoms with Crippen molar-refractivity contribution in [3.05, 3.63) is 38.8 Å². The molecule has 0 spiro atoms. The molecule has 1 unspecified atom stereocenters. The van der Waals surface area contributed by atoms with Crippen molar-refractivity contribution in [2.75, 3.05) is 0 Å². The van der Waals surface area contributed by atoms with Gasteiger partial charge in [-0.05, 0) is 18.4 Å². The summed E-state index contributed by atoms with van der Waals surface area (Å²) in [6.45, 7) is 1.86. The molecule has 0 aliphatic heterocycles. The fourth-order valence-corrected chi connectivity index (χ4v) is 2.62. The van der Waals surface area contributed by atoms with Crippen LogP contribution in [-0.4, -0.2) is 14.9 Å². The molecule has 2 heterocycles. The van der Waals surface area contributed by atoms with E-state index < -0.39 is 6.10 Å². The zero-order valence-corrected chi connectivity index (χ0v) is 10.7. The second-order valence-corrected chi connectivity index (χ2v) is 5.06. The minimum absolute atomic E-state index is 0.497. The predicted molar refractivity (Wildman–Crippen MR) is 65.9 cm³/mol. The predicted octanol–water partition coefficient (Wildman–Crippen LogP) is 2.72. The van der Waals surface area contributed by atoms with Crippen molar-refractivity contribution in [3.63, 3.8) is 0 Å². The molecule has 16 heavy (non-hydrogen) atoms. The summed E-state index contributed by atoms with van der Waals surface area (Å²) in [5, 5.41) is 16.9. The van der Waals surface area contributed by atoms with Gasteiger partial charge >= 0.3 is 0 Å². The van der Waals surface area contributed by atoms with E-state index in [0.29, 0.717) is 11.4 Å². The SMILES string of the molecule is Cc1nn(C)c(CC(O)c2cccs2)c1Cl. The third-order valence-electron chi connectivity index (χ3n) is 2.52. The van der Waals surface area contributed by atoms with E-state index in [1.54, 1.807) is 16.0 Å². The summed E-state index contributed by atoms with van der Waals surface area (Å²) in [7, 11) is 1.84. The molecule has 0 saturated heterocycles. The maximum absolute atomic E-state index is 10.0. The molecule has 2 rings (SSSR count). The number of aryl methyl sites for hydroxylation is 2. The summed E-state index contributed by atoms with van der Waals surface area (Å²) >= 11 is 7.67. The van der Waals surface area contributed by atoms with Crippen molar-refractivity contribution < 1.29 is 5.11 Å². The van der Waals surface area contributed by atoms with Crippen molar-refractivity contribution >= 4 is 22.9 Å². The first-order chi connectivity index (χ1) is 7.59. The summed E-state index contributed by atoms with van der Waals surface area (Å²) < 4.78 is 1.73. The van der Waals surface area contributed by atoms with Crippen LogP contribution in [0.2, 0.25) is 5.02 Å². The van der Waals surface area contributed by atoms with Crippen molar-refractivity contribution in [1.29, 1.82) is 0 Å². The normalized spacial score (nSPS) is 13.0. The minimum Gasteiger partial charge on any atom is -0.387 e. The highest BCUT2D eigenvalue weighted by atomic mass is 35.5. The van der Waals surface area contributed by atoms with Gasteiger partial charge in [0.1, 0.15) is 0 Å². The molecule has 0 amide bonds. The summed E-state index contributed by atoms with van der Waals surface area (Å²) in [4.78, 5) is 0.954. The molecule has 1 N–H and O–H groups in total. The van der Waals surface area contributed by atoms with Crippen LogP contribution < -0.4 is 0 Å². The van der Waals surface area contributed by atoms with E-state index in [9.17, 15) is 5.11 Å². The average molecular weight is 257 g/mol. The molecule has 0 aliphatic rings. The first-order valence-electron chi connectivity index (χ1n) is 4.99. The number of aromatic nitrogens is 2. The standard InChI is InChI=1S/C11H13ClN2OS/c1-7-11(12)8(14(2)13-7)6-9(15)10-4-3-5-16-10/h3-5,9,15H,6H2,1-2H3. The Labute approximate surface area is 103 Å². The van der Waals surface area contributed by atoms with Crippen LogP contribution >= 0.6 is 22.9 Å². The van der Waals surface area contributed by atoms with E-state index >= 15 is 0 Å². The van der Waals surface area contributed by atoms with E-state index in [-0.39, 0.29) is 0 Å². The van der Waals surface area contributed by atoms with E-state index in [1.807, 2.05) is 31.5 Å². The lowest BCUT2D eigenvalue weighted by Gasteiger charge is -2.09. The van der Waals surface area contributed by atoms with Gasteiger partial charge in [-0.2, -0.15) is 5.10 Å². The molecule has 5 heteroatoms. The monoisotopic (exact) mass is 256 g/mol. The van der Waals surface area contributed by atoms with Gasteiger partial charge in [-0.25, -0.2) is 0 Å². The van der Waals surface area contributed by atoms with Crippen LogP contribution in [-0.2, 0) is 13.5 Å². The van der Waals surface area contributed by atoms with Crippen molar-refractivity contribution in [3.8, 4) is 0 Å². The topological polar surface area (TPSA) is 38.0 Å². The Morgan fingerprint density at radius 1 is 1.62 bits per heavy atom. The Morgan fingerprint density at radius 2 is 2.38 bits per heavy atom. The third kappa shape index (κ3) is 2.14. The summed E-state index contributed by atoms with van der Waals surface area (Å²) in [5.41, 5.74) is 1.68. The molecule has 0 radical (unpaired) electrons. The Bertz CT molecular complexity index is 478. The lowest BCUT2D eigenvalue weighted by atomic mass is 10.1. The van der Waals surface area contributed by atoms with Crippen molar-refractivity contribution in [2.45, 2.75) is 19.4 Å². The lowest BCUT2D eigenvalue weighted by Crippen LogP contribution is -2.05. The molecular weight excluding hydrogens is 244 g/mol. The second kappa shape index (κ2) is 4.57. The van der Waals surface area contributed by atoms with Crippen LogP contribution in [0.25, 0.3) is 0 Å². The van der Waals surface area contributed by atoms with Crippen molar-refractivity contribution in [1.82, 2.24) is 9.78 Å². The molecule has 1 atom stereocenters. The van der Waals surface area contributed by atoms with Gasteiger partial charge < -0.3 is 5.11 Å². The number of hydrogen-bond acceptors (Lipinski definition) is 3. The first-order valence-corrected chi connectivity index (χ1v) is 6.24. The van der Waals surface area contributed by atoms with Gasteiger partial charge in [0.25, 0.3) is 0 Å². The maximum atomic E-state index is 10.0. The minimum atomic E-state index is -0.507. The van der Waals surface area contributed by atoms with E-state index in [0.717, 1.165) is 16.3 Å². The zero-order chi connectivity index (χ0) is 11.7. The number of hydrogen-bond donors (Lipinski definition) is 1. The van der Waals surface area contributed by atoms with E-state index in [4.69, 9.17) is 11.6 Å².